The number of carbonyl (C=O) groups excluding carboxylic acids is 2. The Bertz CT molecular complexity index is 672. The maximum Gasteiger partial charge on any atom is 0.338 e. The Balaban J connectivity index is 2.85. The van der Waals surface area contributed by atoms with E-state index in [1.165, 1.54) is 17.7 Å². The van der Waals surface area contributed by atoms with E-state index in [1.807, 2.05) is 0 Å². The van der Waals surface area contributed by atoms with E-state index in [2.05, 4.69) is 4.74 Å². The summed E-state index contributed by atoms with van der Waals surface area (Å²) in [6.07, 6.45) is 0.644. The largest absolute Gasteiger partial charge is 0.465 e. The van der Waals surface area contributed by atoms with Crippen molar-refractivity contribution in [2.45, 2.75) is 6.54 Å². The van der Waals surface area contributed by atoms with Gasteiger partial charge in [0.25, 0.3) is 5.56 Å². The van der Waals surface area contributed by atoms with Crippen molar-refractivity contribution < 1.29 is 14.3 Å². The van der Waals surface area contributed by atoms with Gasteiger partial charge >= 0.3 is 5.97 Å². The van der Waals surface area contributed by atoms with Gasteiger partial charge in [-0.25, -0.2) is 4.79 Å². The minimum Gasteiger partial charge on any atom is -0.465 e. The number of benzene rings is 1. The highest BCUT2D eigenvalue weighted by molar-refractivity contribution is 6.03. The Kier molecular flexibility index (Phi) is 3.23. The maximum absolute atomic E-state index is 11.9. The Labute approximate surface area is 103 Å². The van der Waals surface area contributed by atoms with Gasteiger partial charge in [-0.15, -0.1) is 0 Å². The lowest BCUT2D eigenvalue weighted by molar-refractivity contribution is -0.108. The normalized spacial score (nSPS) is 10.3. The number of nitrogens with zero attached hydrogens (tertiary/aromatic N) is 1. The van der Waals surface area contributed by atoms with E-state index >= 15 is 0 Å². The molecule has 1 heterocycles. The van der Waals surface area contributed by atoms with Crippen LogP contribution in [0.4, 0.5) is 0 Å². The number of esters is 1. The van der Waals surface area contributed by atoms with Crippen LogP contribution in [0.5, 0.6) is 0 Å². The molecule has 0 fully saturated rings. The minimum absolute atomic E-state index is 0.0409. The van der Waals surface area contributed by atoms with Crippen LogP contribution in [0.3, 0.4) is 0 Å². The first-order valence-electron chi connectivity index (χ1n) is 5.33. The number of fused-ring (bicyclic) bond motifs is 1. The monoisotopic (exact) mass is 245 g/mol. The van der Waals surface area contributed by atoms with Gasteiger partial charge in [-0.2, -0.15) is 0 Å². The molecule has 2 rings (SSSR count). The first-order valence-corrected chi connectivity index (χ1v) is 5.33. The molecule has 0 N–H and O–H groups in total. The molecule has 92 valence electrons. The van der Waals surface area contributed by atoms with Crippen LogP contribution in [0.2, 0.25) is 0 Å². The average molecular weight is 245 g/mol. The zero-order valence-electron chi connectivity index (χ0n) is 9.75. The second-order valence-electron chi connectivity index (χ2n) is 3.68. The molecular formula is C13H11NO4. The third-order valence-corrected chi connectivity index (χ3v) is 2.68. The number of hydrogen-bond acceptors (Lipinski definition) is 4. The molecule has 18 heavy (non-hydrogen) atoms. The molecule has 2 aromatic rings. The molecule has 0 atom stereocenters. The fourth-order valence-corrected chi connectivity index (χ4v) is 1.88. The third-order valence-electron chi connectivity index (χ3n) is 2.68. The van der Waals surface area contributed by atoms with Crippen LogP contribution in [0, 0.1) is 0 Å². The van der Waals surface area contributed by atoms with Crippen molar-refractivity contribution in [3.63, 3.8) is 0 Å². The summed E-state index contributed by atoms with van der Waals surface area (Å²) in [7, 11) is 1.26. The number of para-hydroxylation sites is 1. The molecule has 0 aliphatic heterocycles. The number of aromatic nitrogens is 1. The van der Waals surface area contributed by atoms with Crippen molar-refractivity contribution in [1.82, 2.24) is 4.57 Å². The van der Waals surface area contributed by atoms with Crippen molar-refractivity contribution in [2.24, 2.45) is 0 Å². The highest BCUT2D eigenvalue weighted by atomic mass is 16.5. The second kappa shape index (κ2) is 4.83. The Morgan fingerprint density at radius 1 is 1.39 bits per heavy atom. The molecule has 0 saturated carbocycles. The standard InChI is InChI=1S/C13H11NO4/c1-18-13(17)10-8-12(16)14(6-7-15)11-5-3-2-4-9(10)11/h2-5,7-8H,6H2,1H3. The number of carbonyl (C=O) groups is 2. The SMILES string of the molecule is COC(=O)c1cc(=O)n(CC=O)c2ccccc12. The number of methoxy groups -OCH3 is 1. The van der Waals surface area contributed by atoms with Gasteiger partial charge < -0.3 is 14.1 Å². The molecule has 1 aromatic heterocycles. The molecule has 5 nitrogen and oxygen atoms in total. The zero-order chi connectivity index (χ0) is 13.1. The summed E-state index contributed by atoms with van der Waals surface area (Å²) >= 11 is 0. The third kappa shape index (κ3) is 1.90. The minimum atomic E-state index is -0.568. The maximum atomic E-state index is 11.9. The fraction of sp³-hybridized carbons (Fsp3) is 0.154. The molecule has 0 amide bonds. The van der Waals surface area contributed by atoms with E-state index in [4.69, 9.17) is 0 Å². The second-order valence-corrected chi connectivity index (χ2v) is 3.68. The van der Waals surface area contributed by atoms with E-state index in [9.17, 15) is 14.4 Å². The van der Waals surface area contributed by atoms with Crippen LogP contribution in [-0.4, -0.2) is 23.9 Å². The van der Waals surface area contributed by atoms with Crippen LogP contribution in [0.15, 0.2) is 35.1 Å². The van der Waals surface area contributed by atoms with Gasteiger partial charge in [-0.3, -0.25) is 4.79 Å². The van der Waals surface area contributed by atoms with Crippen molar-refractivity contribution in [3.8, 4) is 0 Å². The van der Waals surface area contributed by atoms with E-state index in [0.29, 0.717) is 17.2 Å². The number of rotatable bonds is 3. The predicted molar refractivity (Wildman–Crippen MR) is 65.6 cm³/mol. The van der Waals surface area contributed by atoms with Crippen LogP contribution >= 0.6 is 0 Å². The molecule has 0 spiro atoms. The average Bonchev–Trinajstić information content (AvgIpc) is 2.41. The van der Waals surface area contributed by atoms with Crippen molar-refractivity contribution >= 4 is 23.2 Å². The highest BCUT2D eigenvalue weighted by Gasteiger charge is 2.14. The number of aldehydes is 1. The van der Waals surface area contributed by atoms with Gasteiger partial charge in [0.15, 0.2) is 0 Å². The summed E-state index contributed by atoms with van der Waals surface area (Å²) in [6, 6.07) is 8.08. The lowest BCUT2D eigenvalue weighted by Gasteiger charge is -2.09. The van der Waals surface area contributed by atoms with Crippen LogP contribution < -0.4 is 5.56 Å². The van der Waals surface area contributed by atoms with Gasteiger partial charge in [-0.05, 0) is 6.07 Å². The first-order chi connectivity index (χ1) is 8.69. The summed E-state index contributed by atoms with van der Waals surface area (Å²) in [4.78, 5) is 34.1. The lowest BCUT2D eigenvalue weighted by atomic mass is 10.1. The number of hydrogen-bond donors (Lipinski definition) is 0. The van der Waals surface area contributed by atoms with E-state index in [1.54, 1.807) is 24.3 Å². The Hall–Kier alpha value is -2.43. The van der Waals surface area contributed by atoms with Crippen LogP contribution in [0.1, 0.15) is 10.4 Å². The van der Waals surface area contributed by atoms with Gasteiger partial charge in [0.05, 0.1) is 24.7 Å². The summed E-state index contributed by atoms with van der Waals surface area (Å²) in [6.45, 7) is -0.0409. The molecule has 0 radical (unpaired) electrons. The highest BCUT2D eigenvalue weighted by Crippen LogP contribution is 2.17. The molecule has 0 bridgehead atoms. The lowest BCUT2D eigenvalue weighted by Crippen LogP contribution is -2.22. The molecular weight excluding hydrogens is 234 g/mol. The molecule has 0 aliphatic rings. The summed E-state index contributed by atoms with van der Waals surface area (Å²) in [5, 5.41) is 0.589. The molecule has 5 heteroatoms. The summed E-state index contributed by atoms with van der Waals surface area (Å²) in [5.41, 5.74) is 0.346. The van der Waals surface area contributed by atoms with Crippen LogP contribution in [0.25, 0.3) is 10.9 Å². The molecule has 1 aromatic carbocycles. The molecule has 0 aliphatic carbocycles. The van der Waals surface area contributed by atoms with Gasteiger partial charge in [0.1, 0.15) is 6.29 Å². The van der Waals surface area contributed by atoms with Crippen molar-refractivity contribution in [2.75, 3.05) is 7.11 Å². The Morgan fingerprint density at radius 3 is 2.78 bits per heavy atom. The first kappa shape index (κ1) is 12.0. The van der Waals surface area contributed by atoms with E-state index < -0.39 is 11.5 Å². The van der Waals surface area contributed by atoms with Crippen molar-refractivity contribution in [3.05, 3.63) is 46.2 Å². The molecule has 0 saturated heterocycles. The van der Waals surface area contributed by atoms with E-state index in [-0.39, 0.29) is 12.1 Å². The number of pyridine rings is 1. The van der Waals surface area contributed by atoms with Crippen molar-refractivity contribution in [1.29, 1.82) is 0 Å². The topological polar surface area (TPSA) is 65.4 Å². The summed E-state index contributed by atoms with van der Waals surface area (Å²) < 4.78 is 5.96. The Morgan fingerprint density at radius 2 is 2.11 bits per heavy atom. The quantitative estimate of drug-likeness (QED) is 0.597. The summed E-state index contributed by atoms with van der Waals surface area (Å²) in [5.74, 6) is -0.568. The van der Waals surface area contributed by atoms with E-state index in [0.717, 1.165) is 0 Å². The number of ether oxygens (including phenoxy) is 1. The van der Waals surface area contributed by atoms with Crippen LogP contribution in [-0.2, 0) is 16.1 Å². The van der Waals surface area contributed by atoms with Gasteiger partial charge in [-0.1, -0.05) is 18.2 Å². The smallest absolute Gasteiger partial charge is 0.338 e. The van der Waals surface area contributed by atoms with Gasteiger partial charge in [0.2, 0.25) is 0 Å². The predicted octanol–water partition coefficient (Wildman–Crippen LogP) is 0.987. The zero-order valence-corrected chi connectivity index (χ0v) is 9.75. The molecule has 0 unspecified atom stereocenters. The van der Waals surface area contributed by atoms with Gasteiger partial charge in [0, 0.05) is 11.5 Å². The fourth-order valence-electron chi connectivity index (χ4n) is 1.88.